The molecule has 18 heavy (non-hydrogen) atoms. The highest BCUT2D eigenvalue weighted by atomic mass is 79.9. The van der Waals surface area contributed by atoms with Crippen molar-refractivity contribution in [2.45, 2.75) is 33.6 Å². The van der Waals surface area contributed by atoms with E-state index >= 15 is 0 Å². The predicted octanol–water partition coefficient (Wildman–Crippen LogP) is 3.95. The Morgan fingerprint density at radius 3 is 2.50 bits per heavy atom. The molecular formula is C13H18BrN3O. The number of anilines is 1. The summed E-state index contributed by atoms with van der Waals surface area (Å²) in [7, 11) is 0. The highest BCUT2D eigenvalue weighted by molar-refractivity contribution is 9.10. The molecule has 0 N–H and O–H groups in total. The van der Waals surface area contributed by atoms with Gasteiger partial charge in [0.25, 0.3) is 6.01 Å². The molecule has 0 saturated heterocycles. The van der Waals surface area contributed by atoms with Crippen LogP contribution in [-0.2, 0) is 0 Å². The quantitative estimate of drug-likeness (QED) is 0.857. The summed E-state index contributed by atoms with van der Waals surface area (Å²) in [5.74, 6) is 0.374. The molecule has 2 heterocycles. The van der Waals surface area contributed by atoms with Crippen LogP contribution in [0.5, 0.6) is 0 Å². The van der Waals surface area contributed by atoms with E-state index in [-0.39, 0.29) is 0 Å². The number of hydrogen-bond acceptors (Lipinski definition) is 4. The topological polar surface area (TPSA) is 42.2 Å². The zero-order chi connectivity index (χ0) is 13.3. The predicted molar refractivity (Wildman–Crippen MR) is 77.2 cm³/mol. The third-order valence-corrected chi connectivity index (χ3v) is 3.54. The molecule has 98 valence electrons. The lowest BCUT2D eigenvalue weighted by Gasteiger charge is -2.14. The summed E-state index contributed by atoms with van der Waals surface area (Å²) in [5, 5.41) is 0. The number of halogens is 1. The van der Waals surface area contributed by atoms with Crippen molar-refractivity contribution in [1.82, 2.24) is 9.97 Å². The minimum Gasteiger partial charge on any atom is -0.420 e. The van der Waals surface area contributed by atoms with Gasteiger partial charge in [-0.25, -0.2) is 4.98 Å². The van der Waals surface area contributed by atoms with E-state index in [0.717, 1.165) is 28.8 Å². The van der Waals surface area contributed by atoms with Crippen LogP contribution in [0.1, 0.15) is 39.3 Å². The molecule has 0 fully saturated rings. The first-order valence-electron chi connectivity index (χ1n) is 6.28. The van der Waals surface area contributed by atoms with Crippen molar-refractivity contribution in [3.63, 3.8) is 0 Å². The third-order valence-electron chi connectivity index (χ3n) is 2.95. The van der Waals surface area contributed by atoms with E-state index in [4.69, 9.17) is 4.42 Å². The summed E-state index contributed by atoms with van der Waals surface area (Å²) in [6, 6.07) is 2.65. The number of nitrogens with zero attached hydrogens (tertiary/aromatic N) is 3. The molecule has 0 amide bonds. The number of rotatable bonds is 4. The average molecular weight is 312 g/mol. The average Bonchev–Trinajstić information content (AvgIpc) is 2.74. The highest BCUT2D eigenvalue weighted by Gasteiger charge is 2.16. The van der Waals surface area contributed by atoms with Crippen LogP contribution in [0.2, 0.25) is 0 Å². The lowest BCUT2D eigenvalue weighted by molar-refractivity contribution is 0.574. The number of aromatic nitrogens is 2. The van der Waals surface area contributed by atoms with Crippen molar-refractivity contribution in [1.29, 1.82) is 0 Å². The molecule has 0 bridgehead atoms. The molecule has 5 heteroatoms. The minimum atomic E-state index is 0.374. The summed E-state index contributed by atoms with van der Waals surface area (Å²) in [4.78, 5) is 11.1. The summed E-state index contributed by atoms with van der Waals surface area (Å²) in [6.45, 7) is 10.1. The fraction of sp³-hybridized carbons (Fsp3) is 0.538. The van der Waals surface area contributed by atoms with Crippen molar-refractivity contribution in [3.8, 4) is 0 Å². The normalized spacial score (nSPS) is 11.4. The monoisotopic (exact) mass is 311 g/mol. The molecule has 0 aliphatic heterocycles. The van der Waals surface area contributed by atoms with Gasteiger partial charge in [0.2, 0.25) is 5.65 Å². The van der Waals surface area contributed by atoms with E-state index < -0.39 is 0 Å². The van der Waals surface area contributed by atoms with E-state index in [1.54, 1.807) is 0 Å². The van der Waals surface area contributed by atoms with Crippen LogP contribution in [0.25, 0.3) is 11.2 Å². The lowest BCUT2D eigenvalue weighted by Crippen LogP contribution is -2.21. The molecule has 0 aliphatic carbocycles. The SMILES string of the molecule is CCN(CC)c1nc2nc(C(C)C)cc(Br)c2o1. The molecule has 4 nitrogen and oxygen atoms in total. The van der Waals surface area contributed by atoms with Crippen molar-refractivity contribution >= 4 is 33.2 Å². The second-order valence-corrected chi connectivity index (χ2v) is 5.36. The maximum Gasteiger partial charge on any atom is 0.299 e. The summed E-state index contributed by atoms with van der Waals surface area (Å²) >= 11 is 3.53. The Bertz CT molecular complexity index is 546. The Morgan fingerprint density at radius 1 is 1.28 bits per heavy atom. The van der Waals surface area contributed by atoms with Crippen LogP contribution in [0.15, 0.2) is 15.0 Å². The molecule has 0 atom stereocenters. The number of oxazole rings is 1. The Morgan fingerprint density at radius 2 is 1.94 bits per heavy atom. The second kappa shape index (κ2) is 5.26. The molecule has 2 rings (SSSR count). The van der Waals surface area contributed by atoms with E-state index in [2.05, 4.69) is 58.5 Å². The Kier molecular flexibility index (Phi) is 3.90. The number of fused-ring (bicyclic) bond motifs is 1. The van der Waals surface area contributed by atoms with Crippen LogP contribution in [0.3, 0.4) is 0 Å². The van der Waals surface area contributed by atoms with E-state index in [1.165, 1.54) is 0 Å². The van der Waals surface area contributed by atoms with Crippen LogP contribution < -0.4 is 4.90 Å². The van der Waals surface area contributed by atoms with Crippen molar-refractivity contribution in [2.75, 3.05) is 18.0 Å². The molecular weight excluding hydrogens is 294 g/mol. The molecule has 0 unspecified atom stereocenters. The zero-order valence-corrected chi connectivity index (χ0v) is 12.8. The van der Waals surface area contributed by atoms with Gasteiger partial charge in [-0.15, -0.1) is 0 Å². The Hall–Kier alpha value is -1.10. The summed E-state index contributed by atoms with van der Waals surface area (Å²) < 4.78 is 6.70. The Balaban J connectivity index is 2.53. The maximum atomic E-state index is 5.78. The number of hydrogen-bond donors (Lipinski definition) is 0. The van der Waals surface area contributed by atoms with Gasteiger partial charge in [-0.1, -0.05) is 13.8 Å². The van der Waals surface area contributed by atoms with Crippen molar-refractivity contribution < 1.29 is 4.42 Å². The van der Waals surface area contributed by atoms with Gasteiger partial charge < -0.3 is 9.32 Å². The maximum absolute atomic E-state index is 5.78. The fourth-order valence-corrected chi connectivity index (χ4v) is 2.30. The molecule has 0 saturated carbocycles. The lowest BCUT2D eigenvalue weighted by atomic mass is 10.1. The fourth-order valence-electron chi connectivity index (χ4n) is 1.81. The molecule has 0 radical (unpaired) electrons. The molecule has 2 aromatic rings. The van der Waals surface area contributed by atoms with Gasteiger partial charge in [-0.05, 0) is 41.8 Å². The largest absolute Gasteiger partial charge is 0.420 e. The van der Waals surface area contributed by atoms with E-state index in [9.17, 15) is 0 Å². The van der Waals surface area contributed by atoms with E-state index in [1.807, 2.05) is 6.07 Å². The van der Waals surface area contributed by atoms with Gasteiger partial charge in [0.05, 0.1) is 4.47 Å². The van der Waals surface area contributed by atoms with Crippen LogP contribution >= 0.6 is 15.9 Å². The summed E-state index contributed by atoms with van der Waals surface area (Å²) in [5.41, 5.74) is 2.42. The molecule has 0 aliphatic rings. The standard InChI is InChI=1S/C13H18BrN3O/c1-5-17(6-2)13-16-12-11(18-13)9(14)7-10(15-12)8(3)4/h7-8H,5-6H2,1-4H3. The van der Waals surface area contributed by atoms with Crippen LogP contribution in [-0.4, -0.2) is 23.1 Å². The summed E-state index contributed by atoms with van der Waals surface area (Å²) in [6.07, 6.45) is 0. The van der Waals surface area contributed by atoms with Gasteiger partial charge >= 0.3 is 0 Å². The van der Waals surface area contributed by atoms with Crippen LogP contribution in [0, 0.1) is 0 Å². The van der Waals surface area contributed by atoms with Gasteiger partial charge in [-0.3, -0.25) is 0 Å². The van der Waals surface area contributed by atoms with Gasteiger partial charge in [-0.2, -0.15) is 4.98 Å². The molecule has 0 spiro atoms. The zero-order valence-electron chi connectivity index (χ0n) is 11.2. The van der Waals surface area contributed by atoms with E-state index in [0.29, 0.717) is 17.6 Å². The van der Waals surface area contributed by atoms with Crippen molar-refractivity contribution in [2.24, 2.45) is 0 Å². The van der Waals surface area contributed by atoms with Crippen molar-refractivity contribution in [3.05, 3.63) is 16.2 Å². The first kappa shape index (κ1) is 13.3. The first-order chi connectivity index (χ1) is 8.56. The second-order valence-electron chi connectivity index (χ2n) is 4.51. The first-order valence-corrected chi connectivity index (χ1v) is 7.08. The van der Waals surface area contributed by atoms with Crippen LogP contribution in [0.4, 0.5) is 6.01 Å². The van der Waals surface area contributed by atoms with Gasteiger partial charge in [0.1, 0.15) is 0 Å². The minimum absolute atomic E-state index is 0.374. The third kappa shape index (κ3) is 2.36. The highest BCUT2D eigenvalue weighted by Crippen LogP contribution is 2.29. The van der Waals surface area contributed by atoms with Gasteiger partial charge in [0, 0.05) is 18.8 Å². The Labute approximate surface area is 116 Å². The number of pyridine rings is 1. The smallest absolute Gasteiger partial charge is 0.299 e. The van der Waals surface area contributed by atoms with Gasteiger partial charge in [0.15, 0.2) is 5.58 Å². The molecule has 0 aromatic carbocycles. The molecule has 2 aromatic heterocycles.